The number of anilines is 1. The van der Waals surface area contributed by atoms with Crippen molar-refractivity contribution in [1.29, 1.82) is 0 Å². The van der Waals surface area contributed by atoms with Crippen molar-refractivity contribution in [3.63, 3.8) is 0 Å². The summed E-state index contributed by atoms with van der Waals surface area (Å²) in [5.74, 6) is 0.769. The molecule has 0 fully saturated rings. The van der Waals surface area contributed by atoms with Crippen LogP contribution in [0.25, 0.3) is 0 Å². The van der Waals surface area contributed by atoms with Gasteiger partial charge in [-0.2, -0.15) is 0 Å². The van der Waals surface area contributed by atoms with Gasteiger partial charge in [0.25, 0.3) is 10.0 Å². The van der Waals surface area contributed by atoms with Gasteiger partial charge >= 0.3 is 0 Å². The standard InChI is InChI=1S/C22H31NO3S/c1-7-8-19-12-20(26-6)14-21(13-19)27(24,25)23(15-16(2)3)22-10-9-17(4)11-18(22)5/h9-14,16H,7-8,15H2,1-6H3. The average molecular weight is 390 g/mol. The van der Waals surface area contributed by atoms with Crippen LogP contribution in [-0.2, 0) is 16.4 Å². The lowest BCUT2D eigenvalue weighted by atomic mass is 10.1. The molecule has 2 aromatic carbocycles. The summed E-state index contributed by atoms with van der Waals surface area (Å²) < 4.78 is 34.1. The Morgan fingerprint density at radius 3 is 2.33 bits per heavy atom. The highest BCUT2D eigenvalue weighted by atomic mass is 32.2. The van der Waals surface area contributed by atoms with E-state index in [-0.39, 0.29) is 10.8 Å². The van der Waals surface area contributed by atoms with E-state index in [1.54, 1.807) is 19.2 Å². The van der Waals surface area contributed by atoms with Crippen molar-refractivity contribution >= 4 is 15.7 Å². The topological polar surface area (TPSA) is 46.6 Å². The van der Waals surface area contributed by atoms with Gasteiger partial charge in [0.15, 0.2) is 0 Å². The van der Waals surface area contributed by atoms with Gasteiger partial charge in [0, 0.05) is 12.6 Å². The summed E-state index contributed by atoms with van der Waals surface area (Å²) >= 11 is 0. The first-order chi connectivity index (χ1) is 12.7. The minimum absolute atomic E-state index is 0.196. The Morgan fingerprint density at radius 2 is 1.78 bits per heavy atom. The third kappa shape index (κ3) is 5.04. The number of benzene rings is 2. The molecule has 0 amide bonds. The zero-order valence-corrected chi connectivity index (χ0v) is 18.1. The van der Waals surface area contributed by atoms with Gasteiger partial charge in [0.2, 0.25) is 0 Å². The molecule has 0 atom stereocenters. The first-order valence-electron chi connectivity index (χ1n) is 9.47. The maximum Gasteiger partial charge on any atom is 0.264 e. The van der Waals surface area contributed by atoms with Crippen molar-refractivity contribution in [1.82, 2.24) is 0 Å². The molecule has 0 spiro atoms. The normalized spacial score (nSPS) is 11.7. The zero-order valence-electron chi connectivity index (χ0n) is 17.2. The number of methoxy groups -OCH3 is 1. The minimum Gasteiger partial charge on any atom is -0.497 e. The highest BCUT2D eigenvalue weighted by molar-refractivity contribution is 7.92. The van der Waals surface area contributed by atoms with Crippen LogP contribution in [0.1, 0.15) is 43.9 Å². The van der Waals surface area contributed by atoms with E-state index in [9.17, 15) is 8.42 Å². The fraction of sp³-hybridized carbons (Fsp3) is 0.455. The third-order valence-electron chi connectivity index (χ3n) is 4.45. The van der Waals surface area contributed by atoms with Crippen LogP contribution in [0.4, 0.5) is 5.69 Å². The SMILES string of the molecule is CCCc1cc(OC)cc(S(=O)(=O)N(CC(C)C)c2ccc(C)cc2C)c1. The molecular weight excluding hydrogens is 358 g/mol. The third-order valence-corrected chi connectivity index (χ3v) is 6.21. The molecule has 2 aromatic rings. The van der Waals surface area contributed by atoms with Gasteiger partial charge in [-0.25, -0.2) is 8.42 Å². The number of aryl methyl sites for hydroxylation is 3. The molecule has 0 unspecified atom stereocenters. The number of sulfonamides is 1. The summed E-state index contributed by atoms with van der Waals surface area (Å²) in [7, 11) is -2.14. The number of hydrogen-bond acceptors (Lipinski definition) is 3. The molecule has 0 heterocycles. The Hall–Kier alpha value is -2.01. The zero-order chi connectivity index (χ0) is 20.2. The van der Waals surface area contributed by atoms with Crippen LogP contribution in [0.2, 0.25) is 0 Å². The van der Waals surface area contributed by atoms with E-state index < -0.39 is 10.0 Å². The predicted molar refractivity (Wildman–Crippen MR) is 112 cm³/mol. The summed E-state index contributed by atoms with van der Waals surface area (Å²) in [6, 6.07) is 11.2. The van der Waals surface area contributed by atoms with Gasteiger partial charge in [0.05, 0.1) is 17.7 Å². The fourth-order valence-electron chi connectivity index (χ4n) is 3.20. The molecule has 0 bridgehead atoms. The van der Waals surface area contributed by atoms with Crippen LogP contribution < -0.4 is 9.04 Å². The summed E-state index contributed by atoms with van der Waals surface area (Å²) in [5, 5.41) is 0. The predicted octanol–water partition coefficient (Wildman–Crippen LogP) is 5.12. The van der Waals surface area contributed by atoms with E-state index in [2.05, 4.69) is 6.92 Å². The smallest absolute Gasteiger partial charge is 0.264 e. The fourth-order valence-corrected chi connectivity index (χ4v) is 4.98. The Morgan fingerprint density at radius 1 is 1.07 bits per heavy atom. The molecule has 27 heavy (non-hydrogen) atoms. The Balaban J connectivity index is 2.62. The maximum atomic E-state index is 13.6. The molecule has 0 aliphatic rings. The summed E-state index contributed by atoms with van der Waals surface area (Å²) in [6.07, 6.45) is 1.76. The maximum absolute atomic E-state index is 13.6. The van der Waals surface area contributed by atoms with E-state index in [4.69, 9.17) is 4.74 Å². The lowest BCUT2D eigenvalue weighted by Crippen LogP contribution is -2.35. The average Bonchev–Trinajstić information content (AvgIpc) is 2.60. The summed E-state index contributed by atoms with van der Waals surface area (Å²) in [4.78, 5) is 0.283. The molecule has 0 aromatic heterocycles. The van der Waals surface area contributed by atoms with Gasteiger partial charge in [0.1, 0.15) is 5.75 Å². The molecule has 4 nitrogen and oxygen atoms in total. The quantitative estimate of drug-likeness (QED) is 0.630. The van der Waals surface area contributed by atoms with E-state index in [1.165, 1.54) is 4.31 Å². The van der Waals surface area contributed by atoms with Gasteiger partial charge in [-0.3, -0.25) is 4.31 Å². The number of nitrogens with zero attached hydrogens (tertiary/aromatic N) is 1. The molecule has 0 saturated heterocycles. The van der Waals surface area contributed by atoms with Gasteiger partial charge in [-0.1, -0.05) is 44.9 Å². The molecule has 148 valence electrons. The highest BCUT2D eigenvalue weighted by Gasteiger charge is 2.27. The second-order valence-electron chi connectivity index (χ2n) is 7.49. The Kier molecular flexibility index (Phi) is 6.93. The number of hydrogen-bond donors (Lipinski definition) is 0. The largest absolute Gasteiger partial charge is 0.497 e. The summed E-state index contributed by atoms with van der Waals surface area (Å²) in [5.41, 5.74) is 3.77. The van der Waals surface area contributed by atoms with E-state index in [0.29, 0.717) is 12.3 Å². The molecule has 0 radical (unpaired) electrons. The van der Waals surface area contributed by atoms with Crippen molar-refractivity contribution < 1.29 is 13.2 Å². The molecule has 0 N–H and O–H groups in total. The van der Waals surface area contributed by atoms with Gasteiger partial charge in [-0.05, 0) is 55.5 Å². The monoisotopic (exact) mass is 389 g/mol. The van der Waals surface area contributed by atoms with Gasteiger partial charge < -0.3 is 4.74 Å². The lowest BCUT2D eigenvalue weighted by molar-refractivity contribution is 0.412. The van der Waals surface area contributed by atoms with Crippen molar-refractivity contribution in [2.45, 2.75) is 52.4 Å². The van der Waals surface area contributed by atoms with Crippen LogP contribution in [0.5, 0.6) is 5.75 Å². The number of rotatable bonds is 8. The second kappa shape index (κ2) is 8.79. The van der Waals surface area contributed by atoms with Crippen molar-refractivity contribution in [2.75, 3.05) is 18.0 Å². The van der Waals surface area contributed by atoms with Crippen molar-refractivity contribution in [3.05, 3.63) is 53.1 Å². The molecule has 0 aliphatic carbocycles. The first-order valence-corrected chi connectivity index (χ1v) is 10.9. The van der Waals surface area contributed by atoms with Crippen molar-refractivity contribution in [3.8, 4) is 5.75 Å². The molecule has 0 saturated carbocycles. The van der Waals surface area contributed by atoms with E-state index >= 15 is 0 Å². The Labute approximate surface area is 164 Å². The van der Waals surface area contributed by atoms with Gasteiger partial charge in [-0.15, -0.1) is 0 Å². The molecular formula is C22H31NO3S. The van der Waals surface area contributed by atoms with E-state index in [0.717, 1.165) is 35.2 Å². The van der Waals surface area contributed by atoms with E-state index in [1.807, 2.05) is 52.0 Å². The van der Waals surface area contributed by atoms with Crippen LogP contribution in [0, 0.1) is 19.8 Å². The number of ether oxygens (including phenoxy) is 1. The van der Waals surface area contributed by atoms with Crippen molar-refractivity contribution in [2.24, 2.45) is 5.92 Å². The Bertz CT molecular complexity index is 888. The lowest BCUT2D eigenvalue weighted by Gasteiger charge is -2.28. The van der Waals surface area contributed by atoms with Crippen LogP contribution in [-0.4, -0.2) is 22.1 Å². The second-order valence-corrected chi connectivity index (χ2v) is 9.35. The highest BCUT2D eigenvalue weighted by Crippen LogP contribution is 2.31. The van der Waals surface area contributed by atoms with Crippen LogP contribution in [0.15, 0.2) is 41.3 Å². The van der Waals surface area contributed by atoms with Crippen LogP contribution in [0.3, 0.4) is 0 Å². The summed E-state index contributed by atoms with van der Waals surface area (Å²) in [6.45, 7) is 10.5. The van der Waals surface area contributed by atoms with Crippen LogP contribution >= 0.6 is 0 Å². The molecule has 0 aliphatic heterocycles. The molecule has 5 heteroatoms. The first kappa shape index (κ1) is 21.3. The minimum atomic E-state index is -3.70. The molecule has 2 rings (SSSR count).